The summed E-state index contributed by atoms with van der Waals surface area (Å²) in [6, 6.07) is 0. The summed E-state index contributed by atoms with van der Waals surface area (Å²) < 4.78 is 4.36. The molecule has 0 aromatic carbocycles. The molecule has 0 saturated heterocycles. The average molecular weight is 127 g/mol. The van der Waals surface area contributed by atoms with Gasteiger partial charge in [0.1, 0.15) is 0 Å². The lowest BCUT2D eigenvalue weighted by Gasteiger charge is -1.90. The van der Waals surface area contributed by atoms with Gasteiger partial charge in [0.05, 0.1) is 12.7 Å². The zero-order valence-corrected chi connectivity index (χ0v) is 5.04. The molecular formula is C6H9NO2. The highest BCUT2D eigenvalue weighted by atomic mass is 16.5. The van der Waals surface area contributed by atoms with Crippen LogP contribution in [0.3, 0.4) is 0 Å². The van der Waals surface area contributed by atoms with Gasteiger partial charge < -0.3 is 10.5 Å². The molecule has 0 aliphatic heterocycles. The van der Waals surface area contributed by atoms with Crippen LogP contribution in [0.15, 0.2) is 25.1 Å². The summed E-state index contributed by atoms with van der Waals surface area (Å²) >= 11 is 0. The molecule has 0 heterocycles. The van der Waals surface area contributed by atoms with Crippen LogP contribution in [0.5, 0.6) is 0 Å². The lowest BCUT2D eigenvalue weighted by atomic mass is 10.4. The highest BCUT2D eigenvalue weighted by Crippen LogP contribution is 1.86. The average Bonchev–Trinajstić information content (AvgIpc) is 1.85. The van der Waals surface area contributed by atoms with Crippen molar-refractivity contribution >= 4 is 5.97 Å². The molecule has 0 atom stereocenters. The Bertz CT molecular complexity index is 129. The normalized spacial score (nSPS) is 9.33. The van der Waals surface area contributed by atoms with Gasteiger partial charge in [-0.15, -0.1) is 0 Å². The molecule has 0 fully saturated rings. The van der Waals surface area contributed by atoms with Gasteiger partial charge in [0, 0.05) is 0 Å². The second-order valence-electron chi connectivity index (χ2n) is 1.29. The fraction of sp³-hybridized carbons (Fsp3) is 0.167. The molecule has 0 aliphatic carbocycles. The summed E-state index contributed by atoms with van der Waals surface area (Å²) in [5, 5.41) is 0. The molecule has 2 N–H and O–H groups in total. The Balaban J connectivity index is 3.38. The maximum Gasteiger partial charge on any atom is 0.314 e. The highest BCUT2D eigenvalue weighted by molar-refractivity contribution is 5.71. The van der Waals surface area contributed by atoms with Crippen molar-refractivity contribution in [1.82, 2.24) is 0 Å². The van der Waals surface area contributed by atoms with Crippen molar-refractivity contribution in [2.75, 3.05) is 0 Å². The van der Waals surface area contributed by atoms with E-state index in [-0.39, 0.29) is 12.4 Å². The van der Waals surface area contributed by atoms with Crippen molar-refractivity contribution in [2.45, 2.75) is 6.42 Å². The lowest BCUT2D eigenvalue weighted by Crippen LogP contribution is -1.96. The Hall–Kier alpha value is -1.25. The van der Waals surface area contributed by atoms with Crippen LogP contribution in [0.25, 0.3) is 0 Å². The second kappa shape index (κ2) is 4.90. The monoisotopic (exact) mass is 127 g/mol. The zero-order valence-electron chi connectivity index (χ0n) is 5.04. The maximum absolute atomic E-state index is 10.4. The molecule has 0 saturated carbocycles. The first-order valence-corrected chi connectivity index (χ1v) is 2.48. The Morgan fingerprint density at radius 3 is 2.89 bits per heavy atom. The van der Waals surface area contributed by atoms with Crippen LogP contribution in [0.4, 0.5) is 0 Å². The second-order valence-corrected chi connectivity index (χ2v) is 1.29. The molecule has 9 heavy (non-hydrogen) atoms. The molecule has 3 nitrogen and oxygen atoms in total. The van der Waals surface area contributed by atoms with Crippen molar-refractivity contribution in [3.63, 3.8) is 0 Å². The predicted molar refractivity (Wildman–Crippen MR) is 34.2 cm³/mol. The summed E-state index contributed by atoms with van der Waals surface area (Å²) in [7, 11) is 0. The first-order chi connectivity index (χ1) is 4.31. The highest BCUT2D eigenvalue weighted by Gasteiger charge is 1.93. The summed E-state index contributed by atoms with van der Waals surface area (Å²) in [6.07, 6.45) is 4.09. The quantitative estimate of drug-likeness (QED) is 0.444. The largest absolute Gasteiger partial charge is 0.435 e. The Kier molecular flexibility index (Phi) is 4.22. The van der Waals surface area contributed by atoms with Crippen molar-refractivity contribution in [2.24, 2.45) is 5.73 Å². The third-order valence-corrected chi connectivity index (χ3v) is 0.635. The van der Waals surface area contributed by atoms with Crippen LogP contribution in [0.2, 0.25) is 0 Å². The molecule has 0 aliphatic rings. The summed E-state index contributed by atoms with van der Waals surface area (Å²) in [4.78, 5) is 10.4. The number of ether oxygens (including phenoxy) is 1. The standard InChI is InChI=1S/C6H9NO2/c1-2-9-6(8)4-3-5-7/h2-3,5H,1,4,7H2. The van der Waals surface area contributed by atoms with Gasteiger partial charge in [-0.3, -0.25) is 4.79 Å². The number of carbonyl (C=O) groups is 1. The third kappa shape index (κ3) is 4.61. The van der Waals surface area contributed by atoms with Crippen LogP contribution in [-0.2, 0) is 9.53 Å². The van der Waals surface area contributed by atoms with Crippen LogP contribution in [-0.4, -0.2) is 5.97 Å². The minimum atomic E-state index is -0.355. The number of carbonyl (C=O) groups excluding carboxylic acids is 1. The number of esters is 1. The Morgan fingerprint density at radius 1 is 1.78 bits per heavy atom. The maximum atomic E-state index is 10.4. The molecule has 0 rings (SSSR count). The van der Waals surface area contributed by atoms with Gasteiger partial charge >= 0.3 is 5.97 Å². The third-order valence-electron chi connectivity index (χ3n) is 0.635. The van der Waals surface area contributed by atoms with E-state index in [9.17, 15) is 4.79 Å². The van der Waals surface area contributed by atoms with E-state index in [1.165, 1.54) is 12.3 Å². The molecular weight excluding hydrogens is 118 g/mol. The lowest BCUT2D eigenvalue weighted by molar-refractivity contribution is -0.136. The number of hydrogen-bond donors (Lipinski definition) is 1. The van der Waals surface area contributed by atoms with E-state index in [1.807, 2.05) is 0 Å². The van der Waals surface area contributed by atoms with Gasteiger partial charge in [-0.1, -0.05) is 12.7 Å². The van der Waals surface area contributed by atoms with E-state index >= 15 is 0 Å². The predicted octanol–water partition coefficient (Wildman–Crippen LogP) is 0.536. The van der Waals surface area contributed by atoms with Gasteiger partial charge in [0.15, 0.2) is 0 Å². The first kappa shape index (κ1) is 7.75. The number of nitrogens with two attached hydrogens (primary N) is 1. The zero-order chi connectivity index (χ0) is 7.11. The van der Waals surface area contributed by atoms with Crippen LogP contribution in [0, 0.1) is 0 Å². The van der Waals surface area contributed by atoms with E-state index in [0.717, 1.165) is 6.26 Å². The van der Waals surface area contributed by atoms with E-state index in [4.69, 9.17) is 5.73 Å². The van der Waals surface area contributed by atoms with Gasteiger partial charge in [-0.2, -0.15) is 0 Å². The van der Waals surface area contributed by atoms with E-state index in [1.54, 1.807) is 0 Å². The van der Waals surface area contributed by atoms with Crippen LogP contribution in [0.1, 0.15) is 6.42 Å². The Labute approximate surface area is 53.8 Å². The van der Waals surface area contributed by atoms with Crippen LogP contribution >= 0.6 is 0 Å². The SMILES string of the molecule is C=COC(=O)CC=CN. The molecule has 0 unspecified atom stereocenters. The Morgan fingerprint density at radius 2 is 2.44 bits per heavy atom. The summed E-state index contributed by atoms with van der Waals surface area (Å²) in [6.45, 7) is 3.21. The van der Waals surface area contributed by atoms with E-state index < -0.39 is 0 Å². The van der Waals surface area contributed by atoms with E-state index in [2.05, 4.69) is 11.3 Å². The van der Waals surface area contributed by atoms with Gasteiger partial charge in [0.25, 0.3) is 0 Å². The molecule has 0 aromatic heterocycles. The summed E-state index contributed by atoms with van der Waals surface area (Å²) in [5.74, 6) is -0.355. The number of hydrogen-bond acceptors (Lipinski definition) is 3. The minimum Gasteiger partial charge on any atom is -0.435 e. The number of rotatable bonds is 3. The fourth-order valence-electron chi connectivity index (χ4n) is 0.305. The van der Waals surface area contributed by atoms with Crippen molar-refractivity contribution < 1.29 is 9.53 Å². The molecule has 0 aromatic rings. The molecule has 50 valence electrons. The topological polar surface area (TPSA) is 52.3 Å². The molecule has 3 heteroatoms. The first-order valence-electron chi connectivity index (χ1n) is 2.48. The summed E-state index contributed by atoms with van der Waals surface area (Å²) in [5.41, 5.74) is 4.96. The molecule has 0 amide bonds. The molecule has 0 spiro atoms. The van der Waals surface area contributed by atoms with Crippen molar-refractivity contribution in [3.8, 4) is 0 Å². The van der Waals surface area contributed by atoms with Crippen molar-refractivity contribution in [1.29, 1.82) is 0 Å². The van der Waals surface area contributed by atoms with Gasteiger partial charge in [0.2, 0.25) is 0 Å². The van der Waals surface area contributed by atoms with E-state index in [0.29, 0.717) is 0 Å². The molecule has 0 radical (unpaired) electrons. The van der Waals surface area contributed by atoms with Crippen LogP contribution < -0.4 is 5.73 Å². The van der Waals surface area contributed by atoms with Crippen molar-refractivity contribution in [3.05, 3.63) is 25.1 Å². The fourth-order valence-corrected chi connectivity index (χ4v) is 0.305. The van der Waals surface area contributed by atoms with Gasteiger partial charge in [-0.25, -0.2) is 0 Å². The molecule has 0 bridgehead atoms. The van der Waals surface area contributed by atoms with Gasteiger partial charge in [-0.05, 0) is 6.20 Å². The smallest absolute Gasteiger partial charge is 0.314 e. The minimum absolute atomic E-state index is 0.197.